The number of carbonyl (C=O) groups excluding carboxylic acids is 2. The van der Waals surface area contributed by atoms with E-state index in [4.69, 9.17) is 0 Å². The van der Waals surface area contributed by atoms with Gasteiger partial charge in [0.15, 0.2) is 0 Å². The molecule has 2 rings (SSSR count). The fourth-order valence-corrected chi connectivity index (χ4v) is 2.86. The quantitative estimate of drug-likeness (QED) is 0.613. The van der Waals surface area contributed by atoms with E-state index >= 15 is 0 Å². The third-order valence-electron chi connectivity index (χ3n) is 4.26. The predicted octanol–water partition coefficient (Wildman–Crippen LogP) is 1.41. The van der Waals surface area contributed by atoms with E-state index in [2.05, 4.69) is 35.3 Å². The summed E-state index contributed by atoms with van der Waals surface area (Å²) in [6, 6.07) is 10.0. The van der Waals surface area contributed by atoms with Crippen molar-refractivity contribution in [1.82, 2.24) is 16.2 Å². The number of benzene rings is 1. The Kier molecular flexibility index (Phi) is 6.55. The van der Waals surface area contributed by atoms with E-state index in [1.54, 1.807) is 0 Å². The highest BCUT2D eigenvalue weighted by Gasteiger charge is 2.29. The molecule has 23 heavy (non-hydrogen) atoms. The standard InChI is InChI=1S/C17H26N4O2/c1-12-15(13(2)21-20-12)8-9-16(22)18-11-10-17(23)19-14-6-4-3-5-7-14/h3-7,12-13,15,20-21H,8-11H2,1-2H3,(H,18,22)(H,19,23). The van der Waals surface area contributed by atoms with E-state index in [0.717, 1.165) is 12.1 Å². The maximum atomic E-state index is 11.9. The van der Waals surface area contributed by atoms with Crippen LogP contribution in [0, 0.1) is 5.92 Å². The SMILES string of the molecule is CC1NNC(C)C1CCC(=O)NCCC(=O)Nc1ccccc1. The number of rotatable bonds is 7. The first-order chi connectivity index (χ1) is 11.1. The Morgan fingerprint density at radius 3 is 2.30 bits per heavy atom. The number of amides is 2. The van der Waals surface area contributed by atoms with Gasteiger partial charge < -0.3 is 10.6 Å². The van der Waals surface area contributed by atoms with Gasteiger partial charge in [0.1, 0.15) is 0 Å². The molecule has 6 heteroatoms. The molecule has 0 saturated carbocycles. The van der Waals surface area contributed by atoms with Gasteiger partial charge in [0.2, 0.25) is 11.8 Å². The topological polar surface area (TPSA) is 82.3 Å². The lowest BCUT2D eigenvalue weighted by Gasteiger charge is -2.17. The predicted molar refractivity (Wildman–Crippen MR) is 90.6 cm³/mol. The highest BCUT2D eigenvalue weighted by atomic mass is 16.2. The van der Waals surface area contributed by atoms with Crippen molar-refractivity contribution in [2.45, 2.75) is 45.2 Å². The molecule has 0 bridgehead atoms. The molecule has 126 valence electrons. The van der Waals surface area contributed by atoms with Crippen LogP contribution in [-0.2, 0) is 9.59 Å². The molecule has 1 aliphatic heterocycles. The maximum Gasteiger partial charge on any atom is 0.226 e. The first-order valence-electron chi connectivity index (χ1n) is 8.19. The monoisotopic (exact) mass is 318 g/mol. The summed E-state index contributed by atoms with van der Waals surface area (Å²) < 4.78 is 0. The highest BCUT2D eigenvalue weighted by molar-refractivity contribution is 5.91. The minimum atomic E-state index is -0.0945. The van der Waals surface area contributed by atoms with Crippen molar-refractivity contribution in [3.8, 4) is 0 Å². The lowest BCUT2D eigenvalue weighted by molar-refractivity contribution is -0.121. The second-order valence-electron chi connectivity index (χ2n) is 6.08. The number of hydrogen-bond donors (Lipinski definition) is 4. The number of nitrogens with one attached hydrogen (secondary N) is 4. The summed E-state index contributed by atoms with van der Waals surface area (Å²) in [4.78, 5) is 23.6. The molecular weight excluding hydrogens is 292 g/mol. The summed E-state index contributed by atoms with van der Waals surface area (Å²) in [5.41, 5.74) is 7.15. The van der Waals surface area contributed by atoms with E-state index < -0.39 is 0 Å². The Morgan fingerprint density at radius 1 is 1.00 bits per heavy atom. The molecule has 4 N–H and O–H groups in total. The van der Waals surface area contributed by atoms with Crippen LogP contribution in [0.1, 0.15) is 33.1 Å². The summed E-state index contributed by atoms with van der Waals surface area (Å²) in [5.74, 6) is 0.355. The summed E-state index contributed by atoms with van der Waals surface area (Å²) in [6.45, 7) is 4.60. The van der Waals surface area contributed by atoms with Gasteiger partial charge in [0.25, 0.3) is 0 Å². The molecule has 0 spiro atoms. The number of para-hydroxylation sites is 1. The average Bonchev–Trinajstić information content (AvgIpc) is 2.85. The zero-order valence-electron chi connectivity index (χ0n) is 13.8. The highest BCUT2D eigenvalue weighted by Crippen LogP contribution is 2.19. The van der Waals surface area contributed by atoms with Crippen molar-refractivity contribution in [3.63, 3.8) is 0 Å². The van der Waals surface area contributed by atoms with Gasteiger partial charge in [0, 0.05) is 37.2 Å². The summed E-state index contributed by atoms with van der Waals surface area (Å²) in [6.07, 6.45) is 1.60. The molecule has 1 aliphatic rings. The Balaban J connectivity index is 1.60. The van der Waals surface area contributed by atoms with Crippen LogP contribution in [0.3, 0.4) is 0 Å². The first-order valence-corrected chi connectivity index (χ1v) is 8.19. The van der Waals surface area contributed by atoms with Gasteiger partial charge in [-0.15, -0.1) is 0 Å². The zero-order chi connectivity index (χ0) is 16.7. The third-order valence-corrected chi connectivity index (χ3v) is 4.26. The molecule has 2 atom stereocenters. The van der Waals surface area contributed by atoms with E-state index in [0.29, 0.717) is 31.0 Å². The van der Waals surface area contributed by atoms with Crippen LogP contribution in [0.25, 0.3) is 0 Å². The summed E-state index contributed by atoms with van der Waals surface area (Å²) in [7, 11) is 0. The third kappa shape index (κ3) is 5.65. The van der Waals surface area contributed by atoms with Gasteiger partial charge in [-0.05, 0) is 38.3 Å². The second kappa shape index (κ2) is 8.64. The molecule has 1 aromatic rings. The van der Waals surface area contributed by atoms with Gasteiger partial charge in [-0.3, -0.25) is 20.4 Å². The molecule has 2 unspecified atom stereocenters. The van der Waals surface area contributed by atoms with Crippen molar-refractivity contribution in [2.75, 3.05) is 11.9 Å². The second-order valence-corrected chi connectivity index (χ2v) is 6.08. The maximum absolute atomic E-state index is 11.9. The molecular formula is C17H26N4O2. The van der Waals surface area contributed by atoms with E-state index in [1.807, 2.05) is 30.3 Å². The molecule has 0 radical (unpaired) electrons. The molecule has 1 aromatic carbocycles. The van der Waals surface area contributed by atoms with Crippen LogP contribution >= 0.6 is 0 Å². The fraction of sp³-hybridized carbons (Fsp3) is 0.529. The molecule has 0 aromatic heterocycles. The van der Waals surface area contributed by atoms with E-state index in [9.17, 15) is 9.59 Å². The van der Waals surface area contributed by atoms with Gasteiger partial charge in [0.05, 0.1) is 0 Å². The van der Waals surface area contributed by atoms with Crippen LogP contribution in [0.15, 0.2) is 30.3 Å². The van der Waals surface area contributed by atoms with Crippen molar-refractivity contribution in [1.29, 1.82) is 0 Å². The van der Waals surface area contributed by atoms with Crippen LogP contribution in [0.2, 0.25) is 0 Å². The average molecular weight is 318 g/mol. The van der Waals surface area contributed by atoms with Crippen LogP contribution in [-0.4, -0.2) is 30.4 Å². The van der Waals surface area contributed by atoms with Crippen molar-refractivity contribution >= 4 is 17.5 Å². The summed E-state index contributed by atoms with van der Waals surface area (Å²) in [5, 5.41) is 5.61. The Bertz CT molecular complexity index is 511. The van der Waals surface area contributed by atoms with Gasteiger partial charge >= 0.3 is 0 Å². The molecule has 6 nitrogen and oxygen atoms in total. The van der Waals surface area contributed by atoms with Crippen LogP contribution in [0.4, 0.5) is 5.69 Å². The van der Waals surface area contributed by atoms with Gasteiger partial charge in [-0.2, -0.15) is 0 Å². The molecule has 1 heterocycles. The Hall–Kier alpha value is -1.92. The zero-order valence-corrected chi connectivity index (χ0v) is 13.8. The lowest BCUT2D eigenvalue weighted by atomic mass is 9.91. The van der Waals surface area contributed by atoms with E-state index in [-0.39, 0.29) is 18.2 Å². The van der Waals surface area contributed by atoms with Crippen molar-refractivity contribution in [2.24, 2.45) is 5.92 Å². The first kappa shape index (κ1) is 17.4. The minimum Gasteiger partial charge on any atom is -0.356 e. The smallest absolute Gasteiger partial charge is 0.226 e. The fourth-order valence-electron chi connectivity index (χ4n) is 2.86. The number of hydrazine groups is 1. The van der Waals surface area contributed by atoms with Gasteiger partial charge in [-0.25, -0.2) is 0 Å². The molecule has 1 fully saturated rings. The molecule has 0 aliphatic carbocycles. The minimum absolute atomic E-state index is 0.00353. The molecule has 2 amide bonds. The van der Waals surface area contributed by atoms with Crippen molar-refractivity contribution < 1.29 is 9.59 Å². The molecule has 1 saturated heterocycles. The number of anilines is 1. The lowest BCUT2D eigenvalue weighted by Crippen LogP contribution is -2.30. The Morgan fingerprint density at radius 2 is 1.65 bits per heavy atom. The van der Waals surface area contributed by atoms with Crippen molar-refractivity contribution in [3.05, 3.63) is 30.3 Å². The van der Waals surface area contributed by atoms with E-state index in [1.165, 1.54) is 0 Å². The number of carbonyl (C=O) groups is 2. The normalized spacial score (nSPS) is 23.5. The Labute approximate surface area is 137 Å². The van der Waals surface area contributed by atoms with Crippen LogP contribution < -0.4 is 21.5 Å². The number of hydrogen-bond acceptors (Lipinski definition) is 4. The summed E-state index contributed by atoms with van der Waals surface area (Å²) >= 11 is 0. The van der Waals surface area contributed by atoms with Gasteiger partial charge in [-0.1, -0.05) is 18.2 Å². The van der Waals surface area contributed by atoms with Crippen LogP contribution in [0.5, 0.6) is 0 Å². The largest absolute Gasteiger partial charge is 0.356 e.